The second-order valence-corrected chi connectivity index (χ2v) is 6.60. The number of rotatable bonds is 4. The molecule has 2 aromatic carbocycles. The van der Waals surface area contributed by atoms with E-state index in [2.05, 4.69) is 10.2 Å². The number of hydrogen-bond acceptors (Lipinski definition) is 6. The first kappa shape index (κ1) is 17.1. The topological polar surface area (TPSA) is 77.3 Å². The first-order valence-corrected chi connectivity index (χ1v) is 8.56. The van der Waals surface area contributed by atoms with Crippen LogP contribution in [0.15, 0.2) is 70.9 Å². The SMILES string of the molecule is COC(=O)C1=NN=C(C(=O)OC)C2(c3ccccc3)CC12c1ccccc1. The highest BCUT2D eigenvalue weighted by Gasteiger charge is 2.78. The molecule has 2 atom stereocenters. The summed E-state index contributed by atoms with van der Waals surface area (Å²) in [6, 6.07) is 19.1. The molecule has 0 bridgehead atoms. The Morgan fingerprint density at radius 1 is 0.741 bits per heavy atom. The van der Waals surface area contributed by atoms with Gasteiger partial charge in [0, 0.05) is 0 Å². The van der Waals surface area contributed by atoms with Crippen molar-refractivity contribution >= 4 is 23.4 Å². The maximum absolute atomic E-state index is 12.6. The van der Waals surface area contributed by atoms with Crippen LogP contribution in [0.25, 0.3) is 0 Å². The van der Waals surface area contributed by atoms with E-state index in [0.29, 0.717) is 6.42 Å². The van der Waals surface area contributed by atoms with Crippen molar-refractivity contribution in [3.8, 4) is 0 Å². The van der Waals surface area contributed by atoms with Gasteiger partial charge < -0.3 is 9.47 Å². The fourth-order valence-corrected chi connectivity index (χ4v) is 4.24. The number of hydrogen-bond donors (Lipinski definition) is 0. The van der Waals surface area contributed by atoms with Gasteiger partial charge in [-0.2, -0.15) is 0 Å². The van der Waals surface area contributed by atoms with E-state index in [1.807, 2.05) is 60.7 Å². The Morgan fingerprint density at radius 3 is 1.44 bits per heavy atom. The van der Waals surface area contributed by atoms with Crippen LogP contribution in [0, 0.1) is 0 Å². The van der Waals surface area contributed by atoms with Gasteiger partial charge in [0.1, 0.15) is 0 Å². The Kier molecular flexibility index (Phi) is 3.91. The molecule has 6 nitrogen and oxygen atoms in total. The van der Waals surface area contributed by atoms with E-state index in [1.165, 1.54) is 14.2 Å². The van der Waals surface area contributed by atoms with Gasteiger partial charge in [0.05, 0.1) is 25.0 Å². The van der Waals surface area contributed by atoms with E-state index < -0.39 is 22.8 Å². The first-order valence-electron chi connectivity index (χ1n) is 8.56. The molecular formula is C21H18N2O4. The van der Waals surface area contributed by atoms with Crippen LogP contribution in [0.5, 0.6) is 0 Å². The largest absolute Gasteiger partial charge is 0.464 e. The van der Waals surface area contributed by atoms with Crippen LogP contribution in [0.4, 0.5) is 0 Å². The van der Waals surface area contributed by atoms with Gasteiger partial charge in [0.25, 0.3) is 0 Å². The van der Waals surface area contributed by atoms with Crippen LogP contribution in [0.2, 0.25) is 0 Å². The summed E-state index contributed by atoms with van der Waals surface area (Å²) in [5.74, 6) is -1.10. The molecule has 1 fully saturated rings. The lowest BCUT2D eigenvalue weighted by Crippen LogP contribution is -2.45. The van der Waals surface area contributed by atoms with Gasteiger partial charge >= 0.3 is 11.9 Å². The maximum atomic E-state index is 12.6. The first-order chi connectivity index (χ1) is 13.1. The monoisotopic (exact) mass is 362 g/mol. The zero-order chi connectivity index (χ0) is 19.1. The van der Waals surface area contributed by atoms with E-state index in [-0.39, 0.29) is 11.4 Å². The number of ether oxygens (including phenoxy) is 2. The Hall–Kier alpha value is -3.28. The lowest BCUT2D eigenvalue weighted by Gasteiger charge is -2.29. The average Bonchev–Trinajstić information content (AvgIpc) is 3.46. The molecule has 2 unspecified atom stereocenters. The van der Waals surface area contributed by atoms with Crippen LogP contribution >= 0.6 is 0 Å². The minimum atomic E-state index is -0.825. The van der Waals surface area contributed by atoms with Crippen molar-refractivity contribution in [3.05, 3.63) is 71.8 Å². The summed E-state index contributed by atoms with van der Waals surface area (Å²) < 4.78 is 9.96. The standard InChI is InChI=1S/C21H18N2O4/c1-26-18(24)16-20(14-9-5-3-6-10-14)13-21(20,15-11-7-4-8-12-15)17(23-22-16)19(25)27-2/h3-12H,13H2,1-2H3. The minimum absolute atomic E-state index is 0.202. The number of nitrogens with zero attached hydrogens (tertiary/aromatic N) is 2. The second-order valence-electron chi connectivity index (χ2n) is 6.60. The molecule has 0 saturated heterocycles. The highest BCUT2D eigenvalue weighted by molar-refractivity contribution is 6.50. The number of methoxy groups -OCH3 is 2. The minimum Gasteiger partial charge on any atom is -0.464 e. The molecule has 1 saturated carbocycles. The van der Waals surface area contributed by atoms with E-state index in [1.54, 1.807) is 0 Å². The molecule has 136 valence electrons. The summed E-state index contributed by atoms with van der Waals surface area (Å²) >= 11 is 0. The molecule has 0 aromatic heterocycles. The lowest BCUT2D eigenvalue weighted by atomic mass is 9.75. The number of benzene rings is 2. The average molecular weight is 362 g/mol. The van der Waals surface area contributed by atoms with Crippen LogP contribution in [0.1, 0.15) is 17.5 Å². The predicted octanol–water partition coefficient (Wildman–Crippen LogP) is 2.42. The lowest BCUT2D eigenvalue weighted by molar-refractivity contribution is -0.134. The molecule has 2 aliphatic rings. The number of carbonyl (C=O) groups is 2. The molecule has 0 amide bonds. The van der Waals surface area contributed by atoms with Gasteiger partial charge in [-0.3, -0.25) is 0 Å². The van der Waals surface area contributed by atoms with Crippen molar-refractivity contribution in [1.82, 2.24) is 0 Å². The third-order valence-corrected chi connectivity index (χ3v) is 5.48. The van der Waals surface area contributed by atoms with Crippen LogP contribution in [0.3, 0.4) is 0 Å². The fourth-order valence-electron chi connectivity index (χ4n) is 4.24. The van der Waals surface area contributed by atoms with Gasteiger partial charge in [-0.05, 0) is 17.5 Å². The van der Waals surface area contributed by atoms with Crippen molar-refractivity contribution < 1.29 is 19.1 Å². The number of fused-ring (bicyclic) bond motifs is 1. The second kappa shape index (κ2) is 6.16. The summed E-state index contributed by atoms with van der Waals surface area (Å²) in [5, 5.41) is 8.24. The quantitative estimate of drug-likeness (QED) is 0.783. The Morgan fingerprint density at radius 2 is 1.11 bits per heavy atom. The Labute approximate surface area is 156 Å². The number of carbonyl (C=O) groups excluding carboxylic acids is 2. The van der Waals surface area contributed by atoms with Gasteiger partial charge in [-0.15, -0.1) is 10.2 Å². The van der Waals surface area contributed by atoms with Crippen LogP contribution in [-0.4, -0.2) is 37.6 Å². The number of esters is 2. The Balaban J connectivity index is 2.02. The van der Waals surface area contributed by atoms with E-state index in [9.17, 15) is 9.59 Å². The maximum Gasteiger partial charge on any atom is 0.355 e. The van der Waals surface area contributed by atoms with Gasteiger partial charge in [-0.25, -0.2) is 9.59 Å². The molecule has 1 aliphatic heterocycles. The van der Waals surface area contributed by atoms with Crippen LogP contribution in [-0.2, 0) is 29.9 Å². The molecule has 0 spiro atoms. The van der Waals surface area contributed by atoms with E-state index >= 15 is 0 Å². The van der Waals surface area contributed by atoms with Gasteiger partial charge in [-0.1, -0.05) is 60.7 Å². The zero-order valence-corrected chi connectivity index (χ0v) is 15.0. The molecule has 6 heteroatoms. The van der Waals surface area contributed by atoms with Crippen molar-refractivity contribution in [3.63, 3.8) is 0 Å². The highest BCUT2D eigenvalue weighted by atomic mass is 16.5. The molecular weight excluding hydrogens is 344 g/mol. The van der Waals surface area contributed by atoms with E-state index in [4.69, 9.17) is 9.47 Å². The molecule has 1 heterocycles. The highest BCUT2D eigenvalue weighted by Crippen LogP contribution is 2.68. The third-order valence-electron chi connectivity index (χ3n) is 5.48. The molecule has 0 radical (unpaired) electrons. The molecule has 27 heavy (non-hydrogen) atoms. The van der Waals surface area contributed by atoms with Crippen molar-refractivity contribution in [2.75, 3.05) is 14.2 Å². The summed E-state index contributed by atoms with van der Waals surface area (Å²) in [5.41, 5.74) is 0.520. The summed E-state index contributed by atoms with van der Waals surface area (Å²) in [6.07, 6.45) is 0.482. The molecule has 0 N–H and O–H groups in total. The van der Waals surface area contributed by atoms with E-state index in [0.717, 1.165) is 11.1 Å². The van der Waals surface area contributed by atoms with Crippen molar-refractivity contribution in [2.24, 2.45) is 10.2 Å². The smallest absolute Gasteiger partial charge is 0.355 e. The fraction of sp³-hybridized carbons (Fsp3) is 0.238. The predicted molar refractivity (Wildman–Crippen MR) is 99.8 cm³/mol. The van der Waals surface area contributed by atoms with Crippen molar-refractivity contribution in [2.45, 2.75) is 17.3 Å². The summed E-state index contributed by atoms with van der Waals surface area (Å²) in [7, 11) is 2.63. The van der Waals surface area contributed by atoms with Crippen LogP contribution < -0.4 is 0 Å². The normalized spacial score (nSPS) is 25.6. The molecule has 4 rings (SSSR count). The Bertz CT molecular complexity index is 889. The summed E-state index contributed by atoms with van der Waals surface area (Å²) in [6.45, 7) is 0. The molecule has 1 aliphatic carbocycles. The van der Waals surface area contributed by atoms with Gasteiger partial charge in [0.15, 0.2) is 11.4 Å². The van der Waals surface area contributed by atoms with Crippen molar-refractivity contribution in [1.29, 1.82) is 0 Å². The summed E-state index contributed by atoms with van der Waals surface area (Å²) in [4.78, 5) is 25.1. The van der Waals surface area contributed by atoms with Gasteiger partial charge in [0.2, 0.25) is 0 Å². The molecule has 2 aromatic rings. The zero-order valence-electron chi connectivity index (χ0n) is 15.0. The third kappa shape index (κ3) is 2.19.